The van der Waals surface area contributed by atoms with Gasteiger partial charge < -0.3 is 34.2 Å². The predicted molar refractivity (Wildman–Crippen MR) is 220 cm³/mol. The van der Waals surface area contributed by atoms with Crippen molar-refractivity contribution >= 4 is 47.2 Å². The van der Waals surface area contributed by atoms with E-state index >= 15 is 0 Å². The molecule has 5 aromatic rings. The highest BCUT2D eigenvalue weighted by Crippen LogP contribution is 2.43. The van der Waals surface area contributed by atoms with E-state index in [0.717, 1.165) is 70.0 Å². The molecule has 55 heavy (non-hydrogen) atoms. The van der Waals surface area contributed by atoms with Crippen LogP contribution in [-0.4, -0.2) is 56.9 Å². The summed E-state index contributed by atoms with van der Waals surface area (Å²) >= 11 is 4.52. The molecule has 0 saturated carbocycles. The summed E-state index contributed by atoms with van der Waals surface area (Å²) in [6.45, 7) is 4.01. The lowest BCUT2D eigenvalue weighted by atomic mass is 10.0. The number of hydrogen-bond acceptors (Lipinski definition) is 8. The van der Waals surface area contributed by atoms with Gasteiger partial charge in [0.1, 0.15) is 19.0 Å². The first-order valence-corrected chi connectivity index (χ1v) is 19.6. The number of fused-ring (bicyclic) bond motifs is 8. The van der Waals surface area contributed by atoms with Crippen molar-refractivity contribution in [3.05, 3.63) is 136 Å². The molecule has 1 N–H and O–H groups in total. The molecule has 0 spiro atoms. The average molecular weight is 753 g/mol. The Morgan fingerprint density at radius 3 is 2.02 bits per heavy atom. The van der Waals surface area contributed by atoms with Crippen molar-refractivity contribution in [2.24, 2.45) is 0 Å². The van der Waals surface area contributed by atoms with Gasteiger partial charge >= 0.3 is 0 Å². The van der Waals surface area contributed by atoms with Crippen molar-refractivity contribution in [1.82, 2.24) is 0 Å². The molecule has 0 fully saturated rings. The number of carbonyl (C=O) groups excluding carboxylic acids is 2. The number of nitrogens with zero attached hydrogens (tertiary/aromatic N) is 3. The van der Waals surface area contributed by atoms with E-state index in [4.69, 9.17) is 14.2 Å². The Labute approximate surface area is 327 Å². The van der Waals surface area contributed by atoms with Crippen LogP contribution in [0.3, 0.4) is 0 Å². The Kier molecular flexibility index (Phi) is 9.08. The minimum Gasteiger partial charge on any atom is -0.493 e. The number of likely N-dealkylation sites (N-methyl/N-ethyl adjacent to an activating group) is 1. The summed E-state index contributed by atoms with van der Waals surface area (Å²) in [5.74, 6) is 2.52. The number of para-hydroxylation sites is 2. The lowest BCUT2D eigenvalue weighted by Gasteiger charge is -2.25. The van der Waals surface area contributed by atoms with Gasteiger partial charge in [0.2, 0.25) is 0 Å². The van der Waals surface area contributed by atoms with Crippen LogP contribution in [-0.2, 0) is 32.5 Å². The van der Waals surface area contributed by atoms with E-state index in [9.17, 15) is 9.59 Å². The van der Waals surface area contributed by atoms with Crippen LogP contribution in [0, 0.1) is 6.92 Å². The van der Waals surface area contributed by atoms with Gasteiger partial charge in [-0.05, 0) is 95.7 Å². The normalized spacial score (nSPS) is 17.9. The highest BCUT2D eigenvalue weighted by molar-refractivity contribution is 7.80. The van der Waals surface area contributed by atoms with Crippen molar-refractivity contribution in [1.29, 1.82) is 0 Å². The second-order valence-electron chi connectivity index (χ2n) is 15.0. The molecule has 0 radical (unpaired) electrons. The third-order valence-electron chi connectivity index (χ3n) is 11.4. The molecule has 2 atom stereocenters. The topological polar surface area (TPSA) is 83.6 Å². The monoisotopic (exact) mass is 752 g/mol. The Morgan fingerprint density at radius 2 is 1.33 bits per heavy atom. The SMILES string of the molecule is COc1cc2c(cc1OCc1cc(CCS)cc(COc3cc4c(cc3C)C(=O)N3c5ccccc5C[C@H]3CN4)c1)N(C)C[C@@H]1Cc3ccccc3N1C2=O. The first-order valence-electron chi connectivity index (χ1n) is 18.9. The second-order valence-corrected chi connectivity index (χ2v) is 15.4. The van der Waals surface area contributed by atoms with Gasteiger partial charge in [-0.15, -0.1) is 0 Å². The first kappa shape index (κ1) is 35.1. The van der Waals surface area contributed by atoms with Gasteiger partial charge in [0.05, 0.1) is 41.7 Å². The van der Waals surface area contributed by atoms with E-state index in [1.54, 1.807) is 7.11 Å². The van der Waals surface area contributed by atoms with Crippen molar-refractivity contribution < 1.29 is 23.8 Å². The van der Waals surface area contributed by atoms with Gasteiger partial charge in [0, 0.05) is 43.6 Å². The van der Waals surface area contributed by atoms with Gasteiger partial charge in [-0.25, -0.2) is 0 Å². The summed E-state index contributed by atoms with van der Waals surface area (Å²) in [5, 5.41) is 3.54. The minimum absolute atomic E-state index is 0.0177. The molecule has 0 aliphatic carbocycles. The fraction of sp³-hybridized carbons (Fsp3) is 0.289. The van der Waals surface area contributed by atoms with Gasteiger partial charge in [-0.3, -0.25) is 9.59 Å². The third-order valence-corrected chi connectivity index (χ3v) is 11.6. The zero-order valence-electron chi connectivity index (χ0n) is 31.3. The van der Waals surface area contributed by atoms with Crippen molar-refractivity contribution in [2.75, 3.05) is 53.0 Å². The molecule has 0 bridgehead atoms. The van der Waals surface area contributed by atoms with Crippen LogP contribution in [0.1, 0.15) is 54.1 Å². The Hall–Kier alpha value is -5.61. The molecular formula is C45H44N4O5S. The maximum atomic E-state index is 14.1. The molecule has 10 heteroatoms. The molecule has 4 aliphatic rings. The third kappa shape index (κ3) is 6.32. The summed E-state index contributed by atoms with van der Waals surface area (Å²) in [4.78, 5) is 34.0. The van der Waals surface area contributed by atoms with Crippen molar-refractivity contribution in [3.63, 3.8) is 0 Å². The number of rotatable bonds is 9. The smallest absolute Gasteiger partial charge is 0.260 e. The first-order chi connectivity index (χ1) is 26.8. The minimum atomic E-state index is -0.0264. The summed E-state index contributed by atoms with van der Waals surface area (Å²) in [7, 11) is 3.64. The maximum absolute atomic E-state index is 14.1. The largest absolute Gasteiger partial charge is 0.493 e. The maximum Gasteiger partial charge on any atom is 0.260 e. The molecule has 0 aromatic heterocycles. The van der Waals surface area contributed by atoms with E-state index in [2.05, 4.69) is 53.2 Å². The standard InChI is InChI=1S/C45H44N4O5S/c1-27-14-35-37(46-23-33-18-31-8-4-6-10-38(31)48(33)44(35)50)21-41(27)53-25-29-15-28(12-13-55)16-30(17-29)26-54-43-22-40-36(20-42(43)52-3)45(51)49-34(24-47(40)2)19-32-9-5-7-11-39(32)49/h4-11,14-17,20-22,33-34,46,55H,12-13,18-19,23-26H2,1-3H3/t33-,34-/m0/s1. The van der Waals surface area contributed by atoms with Crippen LogP contribution in [0.2, 0.25) is 0 Å². The summed E-state index contributed by atoms with van der Waals surface area (Å²) in [6, 6.07) is 30.5. The second kappa shape index (κ2) is 14.2. The Balaban J connectivity index is 0.936. The molecule has 0 saturated heterocycles. The van der Waals surface area contributed by atoms with E-state index in [0.29, 0.717) is 54.7 Å². The number of methoxy groups -OCH3 is 1. The lowest BCUT2D eigenvalue weighted by molar-refractivity contribution is 0.0975. The number of amides is 2. The number of carbonyl (C=O) groups is 2. The van der Waals surface area contributed by atoms with E-state index in [1.807, 2.05) is 84.4 Å². The molecule has 0 unspecified atom stereocenters. The fourth-order valence-electron chi connectivity index (χ4n) is 8.76. The number of aryl methyl sites for hydroxylation is 2. The molecule has 9 nitrogen and oxygen atoms in total. The van der Waals surface area contributed by atoms with Crippen LogP contribution >= 0.6 is 12.6 Å². The summed E-state index contributed by atoms with van der Waals surface area (Å²) in [5.41, 5.74) is 11.3. The van der Waals surface area contributed by atoms with Crippen LogP contribution in [0.5, 0.6) is 17.2 Å². The lowest BCUT2D eigenvalue weighted by Crippen LogP contribution is -2.41. The van der Waals surface area contributed by atoms with Gasteiger partial charge in [-0.1, -0.05) is 48.5 Å². The number of hydrogen-bond donors (Lipinski definition) is 2. The quantitative estimate of drug-likeness (QED) is 0.150. The van der Waals surface area contributed by atoms with Crippen LogP contribution in [0.4, 0.5) is 22.7 Å². The van der Waals surface area contributed by atoms with Gasteiger partial charge in [0.15, 0.2) is 11.5 Å². The van der Waals surface area contributed by atoms with Crippen molar-refractivity contribution in [2.45, 2.75) is 51.5 Å². The molecule has 4 aliphatic heterocycles. The molecular weight excluding hydrogens is 709 g/mol. The number of nitrogens with one attached hydrogen (secondary N) is 1. The number of anilines is 4. The predicted octanol–water partition coefficient (Wildman–Crippen LogP) is 7.65. The summed E-state index contributed by atoms with van der Waals surface area (Å²) < 4.78 is 18.8. The van der Waals surface area contributed by atoms with E-state index in [1.165, 1.54) is 11.1 Å². The Morgan fingerprint density at radius 1 is 0.709 bits per heavy atom. The van der Waals surface area contributed by atoms with E-state index in [-0.39, 0.29) is 23.9 Å². The number of ether oxygens (including phenoxy) is 3. The fourth-order valence-corrected chi connectivity index (χ4v) is 9.02. The van der Waals surface area contributed by atoms with Crippen LogP contribution in [0.15, 0.2) is 91.0 Å². The summed E-state index contributed by atoms with van der Waals surface area (Å²) in [6.07, 6.45) is 2.46. The highest BCUT2D eigenvalue weighted by atomic mass is 32.1. The zero-order chi connectivity index (χ0) is 37.8. The number of thiol groups is 1. The molecule has 2 amide bonds. The molecule has 4 heterocycles. The molecule has 5 aromatic carbocycles. The van der Waals surface area contributed by atoms with Crippen LogP contribution < -0.4 is 34.2 Å². The number of benzene rings is 5. The van der Waals surface area contributed by atoms with Crippen molar-refractivity contribution in [3.8, 4) is 17.2 Å². The average Bonchev–Trinajstić information content (AvgIpc) is 3.69. The van der Waals surface area contributed by atoms with E-state index < -0.39 is 0 Å². The highest BCUT2D eigenvalue weighted by Gasteiger charge is 2.40. The molecule has 9 rings (SSSR count). The van der Waals surface area contributed by atoms with Gasteiger partial charge in [-0.2, -0.15) is 12.6 Å². The van der Waals surface area contributed by atoms with Crippen LogP contribution in [0.25, 0.3) is 0 Å². The zero-order valence-corrected chi connectivity index (χ0v) is 32.2. The molecule has 280 valence electrons. The Bertz CT molecular complexity index is 2350. The van der Waals surface area contributed by atoms with Gasteiger partial charge in [0.25, 0.3) is 11.8 Å².